The molecule has 3 rings (SSSR count). The molecule has 0 amide bonds. The van der Waals surface area contributed by atoms with Gasteiger partial charge in [-0.3, -0.25) is 4.98 Å². The quantitative estimate of drug-likeness (QED) is 0.868. The van der Waals surface area contributed by atoms with Gasteiger partial charge in [0.1, 0.15) is 5.82 Å². The Balaban J connectivity index is 1.58. The highest BCUT2D eigenvalue weighted by molar-refractivity contribution is 5.36. The molecule has 5 heteroatoms. The highest BCUT2D eigenvalue weighted by Crippen LogP contribution is 2.25. The third kappa shape index (κ3) is 3.40. The number of piperidine rings is 1. The molecule has 0 radical (unpaired) electrons. The summed E-state index contributed by atoms with van der Waals surface area (Å²) >= 11 is 0. The highest BCUT2D eigenvalue weighted by atomic mass is 19.2. The number of halogens is 2. The number of hydrogen-bond donors (Lipinski definition) is 0. The molecule has 2 heterocycles. The Morgan fingerprint density at radius 3 is 2.59 bits per heavy atom. The number of anilines is 1. The topological polar surface area (TPSA) is 29.0 Å². The zero-order chi connectivity index (χ0) is 15.5. The standard InChI is InChI=1S/C17H19F2N3/c1-12-10-20-11-17(21-12)22-6-4-13(5-7-22)8-14-2-3-15(18)16(19)9-14/h2-3,9-11,13H,4-8H2,1H3. The third-order valence-electron chi connectivity index (χ3n) is 4.19. The van der Waals surface area contributed by atoms with Crippen LogP contribution in [0.5, 0.6) is 0 Å². The smallest absolute Gasteiger partial charge is 0.159 e. The van der Waals surface area contributed by atoms with Crippen molar-refractivity contribution in [2.75, 3.05) is 18.0 Å². The van der Waals surface area contributed by atoms with Gasteiger partial charge in [-0.2, -0.15) is 0 Å². The van der Waals surface area contributed by atoms with Gasteiger partial charge in [0.15, 0.2) is 11.6 Å². The molecule has 0 spiro atoms. The summed E-state index contributed by atoms with van der Waals surface area (Å²) in [6, 6.07) is 4.20. The van der Waals surface area contributed by atoms with Crippen molar-refractivity contribution in [3.05, 3.63) is 53.5 Å². The van der Waals surface area contributed by atoms with Gasteiger partial charge in [-0.25, -0.2) is 13.8 Å². The third-order valence-corrected chi connectivity index (χ3v) is 4.19. The van der Waals surface area contributed by atoms with Crippen LogP contribution in [0.15, 0.2) is 30.6 Å². The second kappa shape index (κ2) is 6.38. The number of hydrogen-bond acceptors (Lipinski definition) is 3. The number of benzene rings is 1. The Bertz CT molecular complexity index is 652. The van der Waals surface area contributed by atoms with Crippen molar-refractivity contribution in [2.24, 2.45) is 5.92 Å². The lowest BCUT2D eigenvalue weighted by Gasteiger charge is -2.32. The van der Waals surface area contributed by atoms with Crippen molar-refractivity contribution in [3.8, 4) is 0 Å². The largest absolute Gasteiger partial charge is 0.355 e. The van der Waals surface area contributed by atoms with Crippen LogP contribution in [0.1, 0.15) is 24.1 Å². The monoisotopic (exact) mass is 303 g/mol. The van der Waals surface area contributed by atoms with Gasteiger partial charge in [-0.1, -0.05) is 6.07 Å². The summed E-state index contributed by atoms with van der Waals surface area (Å²) in [6.45, 7) is 3.78. The summed E-state index contributed by atoms with van der Waals surface area (Å²) in [4.78, 5) is 10.9. The Hall–Kier alpha value is -2.04. The number of aromatic nitrogens is 2. The van der Waals surface area contributed by atoms with Crippen LogP contribution in [-0.2, 0) is 6.42 Å². The average Bonchev–Trinajstić information content (AvgIpc) is 2.52. The van der Waals surface area contributed by atoms with E-state index in [4.69, 9.17) is 0 Å². The number of aryl methyl sites for hydroxylation is 1. The van der Waals surface area contributed by atoms with Crippen molar-refractivity contribution >= 4 is 5.82 Å². The zero-order valence-electron chi connectivity index (χ0n) is 12.6. The van der Waals surface area contributed by atoms with Crippen LogP contribution in [0.3, 0.4) is 0 Å². The number of rotatable bonds is 3. The maximum absolute atomic E-state index is 13.3. The maximum Gasteiger partial charge on any atom is 0.159 e. The first kappa shape index (κ1) is 14.9. The molecule has 0 N–H and O–H groups in total. The molecule has 0 bridgehead atoms. The fourth-order valence-corrected chi connectivity index (χ4v) is 2.97. The molecule has 2 aromatic rings. The zero-order valence-corrected chi connectivity index (χ0v) is 12.6. The van der Waals surface area contributed by atoms with E-state index in [1.165, 1.54) is 12.1 Å². The molecule has 1 saturated heterocycles. The van der Waals surface area contributed by atoms with Crippen molar-refractivity contribution in [3.63, 3.8) is 0 Å². The van der Waals surface area contributed by atoms with E-state index in [2.05, 4.69) is 14.9 Å². The summed E-state index contributed by atoms with van der Waals surface area (Å²) in [5.41, 5.74) is 1.79. The lowest BCUT2D eigenvalue weighted by atomic mass is 9.90. The maximum atomic E-state index is 13.3. The average molecular weight is 303 g/mol. The Morgan fingerprint density at radius 1 is 1.14 bits per heavy atom. The van der Waals surface area contributed by atoms with Crippen LogP contribution >= 0.6 is 0 Å². The van der Waals surface area contributed by atoms with Gasteiger partial charge in [-0.05, 0) is 49.8 Å². The predicted molar refractivity (Wildman–Crippen MR) is 81.8 cm³/mol. The van der Waals surface area contributed by atoms with E-state index >= 15 is 0 Å². The van der Waals surface area contributed by atoms with Gasteiger partial charge in [0.25, 0.3) is 0 Å². The summed E-state index contributed by atoms with van der Waals surface area (Å²) < 4.78 is 26.2. The van der Waals surface area contributed by atoms with E-state index in [0.29, 0.717) is 5.92 Å². The van der Waals surface area contributed by atoms with E-state index in [1.807, 2.05) is 6.92 Å². The van der Waals surface area contributed by atoms with E-state index < -0.39 is 11.6 Å². The van der Waals surface area contributed by atoms with Crippen LogP contribution in [0, 0.1) is 24.5 Å². The first-order valence-corrected chi connectivity index (χ1v) is 7.59. The van der Waals surface area contributed by atoms with Crippen molar-refractivity contribution in [2.45, 2.75) is 26.2 Å². The van der Waals surface area contributed by atoms with E-state index in [1.54, 1.807) is 18.5 Å². The molecule has 0 unspecified atom stereocenters. The molecule has 1 aromatic carbocycles. The lowest BCUT2D eigenvalue weighted by Crippen LogP contribution is -2.35. The lowest BCUT2D eigenvalue weighted by molar-refractivity contribution is 0.400. The SMILES string of the molecule is Cc1cncc(N2CCC(Cc3ccc(F)c(F)c3)CC2)n1. The molecular weight excluding hydrogens is 284 g/mol. The minimum Gasteiger partial charge on any atom is -0.355 e. The minimum atomic E-state index is -0.781. The van der Waals surface area contributed by atoms with E-state index in [-0.39, 0.29) is 0 Å². The molecule has 0 aliphatic carbocycles. The summed E-state index contributed by atoms with van der Waals surface area (Å²) in [5.74, 6) is -0.119. The Morgan fingerprint density at radius 2 is 1.91 bits per heavy atom. The van der Waals surface area contributed by atoms with Crippen LogP contribution in [0.2, 0.25) is 0 Å². The van der Waals surface area contributed by atoms with Crippen LogP contribution in [-0.4, -0.2) is 23.1 Å². The fraction of sp³-hybridized carbons (Fsp3) is 0.412. The van der Waals surface area contributed by atoms with Gasteiger partial charge in [-0.15, -0.1) is 0 Å². The molecule has 1 aromatic heterocycles. The summed E-state index contributed by atoms with van der Waals surface area (Å²) in [5, 5.41) is 0. The van der Waals surface area contributed by atoms with Crippen molar-refractivity contribution < 1.29 is 8.78 Å². The molecule has 1 aliphatic rings. The number of nitrogens with zero attached hydrogens (tertiary/aromatic N) is 3. The van der Waals surface area contributed by atoms with Gasteiger partial charge < -0.3 is 4.90 Å². The van der Waals surface area contributed by atoms with Crippen molar-refractivity contribution in [1.29, 1.82) is 0 Å². The highest BCUT2D eigenvalue weighted by Gasteiger charge is 2.21. The molecule has 116 valence electrons. The van der Waals surface area contributed by atoms with E-state index in [9.17, 15) is 8.78 Å². The Labute approximate surface area is 129 Å². The summed E-state index contributed by atoms with van der Waals surface area (Å²) in [6.07, 6.45) is 6.38. The molecule has 3 nitrogen and oxygen atoms in total. The molecule has 1 aliphatic heterocycles. The van der Waals surface area contributed by atoms with Gasteiger partial charge in [0.2, 0.25) is 0 Å². The normalized spacial score (nSPS) is 16.0. The summed E-state index contributed by atoms with van der Waals surface area (Å²) in [7, 11) is 0. The van der Waals surface area contributed by atoms with Crippen molar-refractivity contribution in [1.82, 2.24) is 9.97 Å². The van der Waals surface area contributed by atoms with Gasteiger partial charge >= 0.3 is 0 Å². The van der Waals surface area contributed by atoms with Crippen LogP contribution < -0.4 is 4.90 Å². The van der Waals surface area contributed by atoms with Gasteiger partial charge in [0.05, 0.1) is 11.9 Å². The molecular formula is C17H19F2N3. The van der Waals surface area contributed by atoms with E-state index in [0.717, 1.165) is 49.4 Å². The first-order valence-electron chi connectivity index (χ1n) is 7.59. The molecule has 22 heavy (non-hydrogen) atoms. The van der Waals surface area contributed by atoms with Crippen LogP contribution in [0.4, 0.5) is 14.6 Å². The Kier molecular flexibility index (Phi) is 4.32. The second-order valence-electron chi connectivity index (χ2n) is 5.90. The molecule has 1 fully saturated rings. The fourth-order valence-electron chi connectivity index (χ4n) is 2.97. The molecule has 0 saturated carbocycles. The second-order valence-corrected chi connectivity index (χ2v) is 5.90. The van der Waals surface area contributed by atoms with Crippen LogP contribution in [0.25, 0.3) is 0 Å². The minimum absolute atomic E-state index is 0.499. The predicted octanol–water partition coefficient (Wildman–Crippen LogP) is 3.52. The van der Waals surface area contributed by atoms with Gasteiger partial charge in [0, 0.05) is 19.3 Å². The first-order chi connectivity index (χ1) is 10.6. The molecule has 0 atom stereocenters.